The van der Waals surface area contributed by atoms with Crippen molar-refractivity contribution < 1.29 is 18.3 Å². The van der Waals surface area contributed by atoms with Crippen molar-refractivity contribution in [1.82, 2.24) is 19.7 Å². The Morgan fingerprint density at radius 1 is 1.16 bits per heavy atom. The van der Waals surface area contributed by atoms with E-state index in [-0.39, 0.29) is 29.8 Å². The third kappa shape index (κ3) is 4.97. The first-order chi connectivity index (χ1) is 17.8. The molecule has 2 aliphatic heterocycles. The predicted molar refractivity (Wildman–Crippen MR) is 141 cm³/mol. The molecule has 0 saturated carbocycles. The molecule has 198 valence electrons. The highest BCUT2D eigenvalue weighted by Crippen LogP contribution is 2.43. The van der Waals surface area contributed by atoms with Crippen molar-refractivity contribution in [3.8, 4) is 5.75 Å². The number of ether oxygens (including phenoxy) is 1. The summed E-state index contributed by atoms with van der Waals surface area (Å²) in [7, 11) is 3.38. The first-order valence-corrected chi connectivity index (χ1v) is 13.2. The fraction of sp³-hybridized carbons (Fsp3) is 0.483. The van der Waals surface area contributed by atoms with Crippen LogP contribution in [0.4, 0.5) is 8.78 Å². The lowest BCUT2D eigenvalue weighted by Gasteiger charge is -2.41. The summed E-state index contributed by atoms with van der Waals surface area (Å²) in [6, 6.07) is 9.58. The monoisotopic (exact) mass is 510 g/mol. The van der Waals surface area contributed by atoms with E-state index in [9.17, 15) is 4.79 Å². The number of nitrogens with zero attached hydrogens (tertiary/aromatic N) is 3. The van der Waals surface area contributed by atoms with Gasteiger partial charge in [0.2, 0.25) is 5.91 Å². The molecule has 6 nitrogen and oxygen atoms in total. The van der Waals surface area contributed by atoms with Gasteiger partial charge in [-0.2, -0.15) is 0 Å². The first-order valence-electron chi connectivity index (χ1n) is 13.2. The predicted octanol–water partition coefficient (Wildman–Crippen LogP) is 4.59. The molecule has 37 heavy (non-hydrogen) atoms. The zero-order valence-electron chi connectivity index (χ0n) is 22.1. The SMILES string of the molecule is CCC1CN(CCOc2cc(F)c([C@@H]3c4[nH]c5ccccc5c4C[C@@H](C)N3CC(=O)N(C)C)c(F)c2)C1. The third-order valence-electron chi connectivity index (χ3n) is 7.95. The normalized spacial score (nSPS) is 20.6. The summed E-state index contributed by atoms with van der Waals surface area (Å²) in [6.45, 7) is 7.47. The van der Waals surface area contributed by atoms with Crippen LogP contribution in [0.5, 0.6) is 5.75 Å². The second kappa shape index (κ2) is 10.4. The van der Waals surface area contributed by atoms with Gasteiger partial charge in [-0.15, -0.1) is 0 Å². The van der Waals surface area contributed by atoms with E-state index in [0.717, 1.165) is 47.7 Å². The number of amides is 1. The molecular formula is C29H36F2N4O2. The minimum absolute atomic E-state index is 0.0549. The number of halogens is 2. The number of rotatable bonds is 8. The molecular weight excluding hydrogens is 474 g/mol. The van der Waals surface area contributed by atoms with Gasteiger partial charge in [-0.05, 0) is 30.9 Å². The second-order valence-electron chi connectivity index (χ2n) is 10.7. The molecule has 1 aromatic heterocycles. The van der Waals surface area contributed by atoms with Crippen LogP contribution in [0, 0.1) is 17.6 Å². The van der Waals surface area contributed by atoms with Crippen LogP contribution in [0.1, 0.15) is 43.1 Å². The minimum atomic E-state index is -0.767. The van der Waals surface area contributed by atoms with Crippen LogP contribution in [0.25, 0.3) is 10.9 Å². The van der Waals surface area contributed by atoms with Crippen molar-refractivity contribution in [3.05, 3.63) is 64.9 Å². The fourth-order valence-corrected chi connectivity index (χ4v) is 5.68. The Kier molecular flexibility index (Phi) is 7.23. The van der Waals surface area contributed by atoms with E-state index >= 15 is 8.78 Å². The summed E-state index contributed by atoms with van der Waals surface area (Å²) < 4.78 is 37.2. The third-order valence-corrected chi connectivity index (χ3v) is 7.95. The Hall–Kier alpha value is -2.97. The summed E-state index contributed by atoms with van der Waals surface area (Å²) in [6.07, 6.45) is 1.85. The van der Waals surface area contributed by atoms with Crippen molar-refractivity contribution in [2.75, 3.05) is 46.9 Å². The van der Waals surface area contributed by atoms with E-state index in [2.05, 4.69) is 16.8 Å². The molecule has 8 heteroatoms. The van der Waals surface area contributed by atoms with Gasteiger partial charge in [0.1, 0.15) is 24.0 Å². The topological polar surface area (TPSA) is 51.8 Å². The van der Waals surface area contributed by atoms with Gasteiger partial charge < -0.3 is 14.6 Å². The number of hydrogen-bond donors (Lipinski definition) is 1. The summed E-state index contributed by atoms with van der Waals surface area (Å²) in [5.41, 5.74) is 2.63. The van der Waals surface area contributed by atoms with Crippen LogP contribution < -0.4 is 4.74 Å². The Labute approximate surface area is 217 Å². The lowest BCUT2D eigenvalue weighted by atomic mass is 9.88. The van der Waals surface area contributed by atoms with Crippen LogP contribution in [0.3, 0.4) is 0 Å². The molecule has 5 rings (SSSR count). The largest absolute Gasteiger partial charge is 0.492 e. The van der Waals surface area contributed by atoms with Crippen molar-refractivity contribution in [1.29, 1.82) is 0 Å². The van der Waals surface area contributed by atoms with Crippen molar-refractivity contribution >= 4 is 16.8 Å². The number of aromatic nitrogens is 1. The summed E-state index contributed by atoms with van der Waals surface area (Å²) in [5.74, 6) is -0.535. The van der Waals surface area contributed by atoms with E-state index in [1.165, 1.54) is 23.5 Å². The molecule has 1 amide bonds. The Bertz CT molecular complexity index is 1260. The maximum atomic E-state index is 15.7. The van der Waals surface area contributed by atoms with Gasteiger partial charge in [0.25, 0.3) is 0 Å². The number of benzene rings is 2. The van der Waals surface area contributed by atoms with Crippen LogP contribution in [-0.4, -0.2) is 78.5 Å². The van der Waals surface area contributed by atoms with E-state index in [1.54, 1.807) is 14.1 Å². The minimum Gasteiger partial charge on any atom is -0.492 e. The van der Waals surface area contributed by atoms with Gasteiger partial charge >= 0.3 is 0 Å². The number of likely N-dealkylation sites (N-methyl/N-ethyl adjacent to an activating group) is 1. The summed E-state index contributed by atoms with van der Waals surface area (Å²) >= 11 is 0. The summed E-state index contributed by atoms with van der Waals surface area (Å²) in [4.78, 5) is 21.9. The van der Waals surface area contributed by atoms with Gasteiger partial charge in [0, 0.05) is 74.1 Å². The number of H-pyrrole nitrogens is 1. The van der Waals surface area contributed by atoms with Crippen LogP contribution >= 0.6 is 0 Å². The number of carbonyl (C=O) groups is 1. The highest BCUT2D eigenvalue weighted by atomic mass is 19.1. The molecule has 0 spiro atoms. The lowest BCUT2D eigenvalue weighted by Crippen LogP contribution is -2.48. The average molecular weight is 511 g/mol. The van der Waals surface area contributed by atoms with Crippen LogP contribution in [0.15, 0.2) is 36.4 Å². The number of nitrogens with one attached hydrogen (secondary N) is 1. The van der Waals surface area contributed by atoms with Crippen molar-refractivity contribution in [2.45, 2.75) is 38.8 Å². The van der Waals surface area contributed by atoms with Gasteiger partial charge in [-0.1, -0.05) is 31.5 Å². The molecule has 1 N–H and O–H groups in total. The second-order valence-corrected chi connectivity index (χ2v) is 10.7. The molecule has 3 aromatic rings. The number of hydrogen-bond acceptors (Lipinski definition) is 4. The molecule has 0 unspecified atom stereocenters. The standard InChI is InChI=1S/C29H36F2N4O2/c1-5-19-15-34(16-19)10-11-37-20-13-23(30)27(24(31)14-20)29-28-22(21-8-6-7-9-25(21)32-28)12-18(2)35(29)17-26(36)33(3)4/h6-9,13-14,18-19,29,32H,5,10-12,15-17H2,1-4H3/t18-,29-/m1/s1. The molecule has 3 heterocycles. The molecule has 2 aromatic carbocycles. The Morgan fingerprint density at radius 3 is 2.54 bits per heavy atom. The highest BCUT2D eigenvalue weighted by Gasteiger charge is 2.39. The molecule has 0 aliphatic carbocycles. The molecule has 2 aliphatic rings. The Balaban J connectivity index is 1.47. The van der Waals surface area contributed by atoms with Crippen LogP contribution in [-0.2, 0) is 11.2 Å². The Morgan fingerprint density at radius 2 is 1.86 bits per heavy atom. The molecule has 0 bridgehead atoms. The van der Waals surface area contributed by atoms with Crippen LogP contribution in [0.2, 0.25) is 0 Å². The number of carbonyl (C=O) groups excluding carboxylic acids is 1. The number of para-hydroxylation sites is 1. The van der Waals surface area contributed by atoms with E-state index in [4.69, 9.17) is 4.74 Å². The summed E-state index contributed by atoms with van der Waals surface area (Å²) in [5, 5.41) is 1.05. The zero-order chi connectivity index (χ0) is 26.3. The molecule has 1 fully saturated rings. The van der Waals surface area contributed by atoms with E-state index in [1.807, 2.05) is 36.1 Å². The van der Waals surface area contributed by atoms with E-state index in [0.29, 0.717) is 13.0 Å². The number of fused-ring (bicyclic) bond motifs is 3. The zero-order valence-corrected chi connectivity index (χ0v) is 22.1. The van der Waals surface area contributed by atoms with Gasteiger partial charge in [-0.3, -0.25) is 14.6 Å². The molecule has 1 saturated heterocycles. The molecule has 0 radical (unpaired) electrons. The first kappa shape index (κ1) is 25.7. The number of likely N-dealkylation sites (tertiary alicyclic amines) is 1. The van der Waals surface area contributed by atoms with E-state index < -0.39 is 17.7 Å². The molecule has 2 atom stereocenters. The average Bonchev–Trinajstić information content (AvgIpc) is 3.19. The van der Waals surface area contributed by atoms with Gasteiger partial charge in [-0.25, -0.2) is 8.78 Å². The van der Waals surface area contributed by atoms with Gasteiger partial charge in [0.15, 0.2) is 0 Å². The van der Waals surface area contributed by atoms with Gasteiger partial charge in [0.05, 0.1) is 12.6 Å². The smallest absolute Gasteiger partial charge is 0.236 e. The van der Waals surface area contributed by atoms with Crippen molar-refractivity contribution in [2.24, 2.45) is 5.92 Å². The van der Waals surface area contributed by atoms with Crippen molar-refractivity contribution in [3.63, 3.8) is 0 Å². The highest BCUT2D eigenvalue weighted by molar-refractivity contribution is 5.85. The maximum Gasteiger partial charge on any atom is 0.236 e. The quantitative estimate of drug-likeness (QED) is 0.482. The number of aromatic amines is 1. The lowest BCUT2D eigenvalue weighted by molar-refractivity contribution is -0.131. The maximum absolute atomic E-state index is 15.7. The fourth-order valence-electron chi connectivity index (χ4n) is 5.68.